The Bertz CT molecular complexity index is 3220. The zero-order chi connectivity index (χ0) is 35.6. The van der Waals surface area contributed by atoms with Gasteiger partial charge in [0.25, 0.3) is 0 Å². The van der Waals surface area contributed by atoms with Crippen LogP contribution in [0.2, 0.25) is 0 Å². The van der Waals surface area contributed by atoms with Crippen molar-refractivity contribution in [3.8, 4) is 56.7 Å². The lowest BCUT2D eigenvalue weighted by molar-refractivity contribution is 0.604. The Balaban J connectivity index is 0.998. The minimum absolute atomic E-state index is 0.517. The molecular formula is C45H25N7O2. The Morgan fingerprint density at radius 2 is 1.09 bits per heavy atom. The molecule has 0 saturated heterocycles. The highest BCUT2D eigenvalue weighted by atomic mass is 16.4. The third kappa shape index (κ3) is 4.83. The molecule has 0 spiro atoms. The van der Waals surface area contributed by atoms with Gasteiger partial charge in [0.2, 0.25) is 5.89 Å². The maximum atomic E-state index is 6.49. The van der Waals surface area contributed by atoms with Crippen molar-refractivity contribution in [2.75, 3.05) is 0 Å². The molecule has 0 aliphatic rings. The summed E-state index contributed by atoms with van der Waals surface area (Å²) in [5.74, 6) is 2.16. The number of hydrogen-bond acceptors (Lipinski definition) is 9. The van der Waals surface area contributed by atoms with Crippen molar-refractivity contribution in [3.63, 3.8) is 0 Å². The number of aromatic nitrogens is 7. The van der Waals surface area contributed by atoms with Gasteiger partial charge in [0.1, 0.15) is 11.1 Å². The number of fused-ring (bicyclic) bond motifs is 7. The maximum Gasteiger partial charge on any atom is 0.228 e. The first kappa shape index (κ1) is 30.0. The van der Waals surface area contributed by atoms with Crippen molar-refractivity contribution in [3.05, 3.63) is 152 Å². The molecule has 0 bridgehead atoms. The largest absolute Gasteiger partial charge is 0.452 e. The fraction of sp³-hybridized carbons (Fsp3) is 0. The van der Waals surface area contributed by atoms with Crippen LogP contribution in [0.3, 0.4) is 0 Å². The van der Waals surface area contributed by atoms with Gasteiger partial charge in [-0.15, -0.1) is 0 Å². The van der Waals surface area contributed by atoms with Crippen LogP contribution in [-0.2, 0) is 0 Å². The van der Waals surface area contributed by atoms with Gasteiger partial charge < -0.3 is 8.83 Å². The highest BCUT2D eigenvalue weighted by Crippen LogP contribution is 2.39. The van der Waals surface area contributed by atoms with Crippen LogP contribution in [0.15, 0.2) is 161 Å². The molecule has 9 heteroatoms. The van der Waals surface area contributed by atoms with E-state index in [9.17, 15) is 0 Å². The molecule has 11 rings (SSSR count). The van der Waals surface area contributed by atoms with Gasteiger partial charge in [0.15, 0.2) is 28.6 Å². The molecule has 252 valence electrons. The summed E-state index contributed by atoms with van der Waals surface area (Å²) in [5.41, 5.74) is 9.94. The fourth-order valence-electron chi connectivity index (χ4n) is 7.25. The topological polar surface area (TPSA) is 117 Å². The molecule has 0 aliphatic heterocycles. The Labute approximate surface area is 306 Å². The molecule has 54 heavy (non-hydrogen) atoms. The molecule has 0 aliphatic carbocycles. The summed E-state index contributed by atoms with van der Waals surface area (Å²) in [7, 11) is 0. The molecule has 0 unspecified atom stereocenters. The summed E-state index contributed by atoms with van der Waals surface area (Å²) in [5, 5.41) is 4.18. The third-order valence-electron chi connectivity index (χ3n) is 9.82. The van der Waals surface area contributed by atoms with Crippen LogP contribution in [0.25, 0.3) is 112 Å². The van der Waals surface area contributed by atoms with Crippen LogP contribution in [-0.4, -0.2) is 34.9 Å². The van der Waals surface area contributed by atoms with Crippen LogP contribution in [0.5, 0.6) is 0 Å². The number of para-hydroxylation sites is 1. The van der Waals surface area contributed by atoms with Gasteiger partial charge in [-0.25, -0.2) is 19.9 Å². The lowest BCUT2D eigenvalue weighted by atomic mass is 9.95. The Morgan fingerprint density at radius 3 is 1.94 bits per heavy atom. The first-order valence-electron chi connectivity index (χ1n) is 17.5. The molecule has 5 aromatic carbocycles. The van der Waals surface area contributed by atoms with E-state index in [2.05, 4.69) is 81.7 Å². The number of oxazole rings is 1. The highest BCUT2D eigenvalue weighted by Gasteiger charge is 2.19. The lowest BCUT2D eigenvalue weighted by Gasteiger charge is -2.11. The molecule has 0 saturated carbocycles. The zero-order valence-corrected chi connectivity index (χ0v) is 28.4. The standard InChI is InChI=1S/C45H25N7O2/c1-2-12-38-32(6-1)33-17-18-37-41(40(33)53-38)54-45(49-37)34-10-4-8-30-29(7-3-9-31(30)34)26-13-15-27(16-14-26)42-50-43(28-19-23-46-24-20-28)52-44(51-42)35-21-25-47-36-11-5-22-48-39(35)36/h1-25H. The van der Waals surface area contributed by atoms with Crippen molar-refractivity contribution in [2.45, 2.75) is 0 Å². The van der Waals surface area contributed by atoms with Crippen molar-refractivity contribution >= 4 is 54.8 Å². The number of pyridine rings is 3. The second-order valence-corrected chi connectivity index (χ2v) is 13.0. The van der Waals surface area contributed by atoms with Crippen LogP contribution >= 0.6 is 0 Å². The average molecular weight is 696 g/mol. The minimum Gasteiger partial charge on any atom is -0.452 e. The van der Waals surface area contributed by atoms with E-state index >= 15 is 0 Å². The molecule has 0 N–H and O–H groups in total. The molecule has 0 fully saturated rings. The number of hydrogen-bond donors (Lipinski definition) is 0. The first-order valence-corrected chi connectivity index (χ1v) is 17.5. The number of nitrogens with zero attached hydrogens (tertiary/aromatic N) is 7. The molecule has 9 nitrogen and oxygen atoms in total. The van der Waals surface area contributed by atoms with Crippen LogP contribution in [0.1, 0.15) is 0 Å². The molecule has 0 radical (unpaired) electrons. The van der Waals surface area contributed by atoms with E-state index in [-0.39, 0.29) is 0 Å². The van der Waals surface area contributed by atoms with Gasteiger partial charge in [-0.1, -0.05) is 72.8 Å². The average Bonchev–Trinajstić information content (AvgIpc) is 3.85. The summed E-state index contributed by atoms with van der Waals surface area (Å²) in [4.78, 5) is 33.0. The lowest BCUT2D eigenvalue weighted by Crippen LogP contribution is -2.01. The predicted octanol–water partition coefficient (Wildman–Crippen LogP) is 10.7. The molecular weight excluding hydrogens is 671 g/mol. The molecule has 6 aromatic heterocycles. The summed E-state index contributed by atoms with van der Waals surface area (Å²) in [6.07, 6.45) is 6.97. The highest BCUT2D eigenvalue weighted by molar-refractivity contribution is 6.13. The maximum absolute atomic E-state index is 6.49. The Morgan fingerprint density at radius 1 is 0.370 bits per heavy atom. The number of furan rings is 1. The van der Waals surface area contributed by atoms with Gasteiger partial charge in [0, 0.05) is 57.8 Å². The van der Waals surface area contributed by atoms with E-state index in [4.69, 9.17) is 28.8 Å². The fourth-order valence-corrected chi connectivity index (χ4v) is 7.25. The van der Waals surface area contributed by atoms with Crippen molar-refractivity contribution in [1.29, 1.82) is 0 Å². The SMILES string of the molecule is c1cnc2c(-c3nc(-c4ccncc4)nc(-c4ccc(-c5cccc6c(-c7nc8ccc9c%10ccccc%10oc9c8o7)cccc56)cc4)n3)ccnc2c1. The van der Waals surface area contributed by atoms with Gasteiger partial charge >= 0.3 is 0 Å². The van der Waals surface area contributed by atoms with Crippen LogP contribution in [0, 0.1) is 0 Å². The molecule has 0 atom stereocenters. The van der Waals surface area contributed by atoms with Gasteiger partial charge in [0.05, 0.1) is 11.0 Å². The minimum atomic E-state index is 0.517. The summed E-state index contributed by atoms with van der Waals surface area (Å²) in [6.45, 7) is 0. The quantitative estimate of drug-likeness (QED) is 0.173. The summed E-state index contributed by atoms with van der Waals surface area (Å²) < 4.78 is 12.7. The monoisotopic (exact) mass is 695 g/mol. The van der Waals surface area contributed by atoms with Gasteiger partial charge in [-0.05, 0) is 76.5 Å². The zero-order valence-electron chi connectivity index (χ0n) is 28.4. The first-order chi connectivity index (χ1) is 26.7. The Kier molecular flexibility index (Phi) is 6.65. The van der Waals surface area contributed by atoms with Gasteiger partial charge in [-0.2, -0.15) is 0 Å². The van der Waals surface area contributed by atoms with E-state index < -0.39 is 0 Å². The smallest absolute Gasteiger partial charge is 0.228 e. The van der Waals surface area contributed by atoms with E-state index in [0.29, 0.717) is 34.5 Å². The van der Waals surface area contributed by atoms with E-state index in [0.717, 1.165) is 77.1 Å². The van der Waals surface area contributed by atoms with Crippen LogP contribution in [0.4, 0.5) is 0 Å². The van der Waals surface area contributed by atoms with Crippen molar-refractivity contribution in [2.24, 2.45) is 0 Å². The number of benzene rings is 5. The second-order valence-electron chi connectivity index (χ2n) is 13.0. The van der Waals surface area contributed by atoms with E-state index in [1.807, 2.05) is 60.7 Å². The molecule has 6 heterocycles. The summed E-state index contributed by atoms with van der Waals surface area (Å²) in [6, 6.07) is 42.4. The Hall–Kier alpha value is -7.65. The second kappa shape index (κ2) is 12.0. The van der Waals surface area contributed by atoms with Crippen molar-refractivity contribution in [1.82, 2.24) is 34.9 Å². The van der Waals surface area contributed by atoms with Crippen LogP contribution < -0.4 is 0 Å². The van der Waals surface area contributed by atoms with Crippen molar-refractivity contribution < 1.29 is 8.83 Å². The van der Waals surface area contributed by atoms with Gasteiger partial charge in [-0.3, -0.25) is 15.0 Å². The molecule has 11 aromatic rings. The van der Waals surface area contributed by atoms with E-state index in [1.165, 1.54) is 0 Å². The third-order valence-corrected chi connectivity index (χ3v) is 9.82. The predicted molar refractivity (Wildman–Crippen MR) is 210 cm³/mol. The van der Waals surface area contributed by atoms with E-state index in [1.54, 1.807) is 24.8 Å². The summed E-state index contributed by atoms with van der Waals surface area (Å²) >= 11 is 0. The normalized spacial score (nSPS) is 11.7. The number of rotatable bonds is 5. The molecule has 0 amide bonds.